The van der Waals surface area contributed by atoms with Crippen LogP contribution in [0.3, 0.4) is 0 Å². The van der Waals surface area contributed by atoms with E-state index in [0.29, 0.717) is 0 Å². The first-order valence-corrected chi connectivity index (χ1v) is 1.85. The van der Waals surface area contributed by atoms with Crippen LogP contribution in [0.1, 0.15) is 0 Å². The summed E-state index contributed by atoms with van der Waals surface area (Å²) in [6, 6.07) is -0.616. The van der Waals surface area contributed by atoms with Gasteiger partial charge in [0.05, 0.1) is 0 Å². The molecule has 0 aliphatic rings. The van der Waals surface area contributed by atoms with Crippen LogP contribution >= 0.6 is 0 Å². The van der Waals surface area contributed by atoms with Crippen LogP contribution in [0.5, 0.6) is 0 Å². The molecule has 0 saturated heterocycles. The molecule has 0 aromatic heterocycles. The number of carbonyl (C=O) groups excluding carboxylic acids is 1. The van der Waals surface area contributed by atoms with Crippen LogP contribution in [-0.2, 0) is 9.53 Å². The molecule has 0 radical (unpaired) electrons. The molecule has 0 atom stereocenters. The predicted molar refractivity (Wildman–Crippen MR) is 28.2 cm³/mol. The van der Waals surface area contributed by atoms with Crippen molar-refractivity contribution < 1.29 is 9.53 Å². The van der Waals surface area contributed by atoms with Crippen molar-refractivity contribution in [3.63, 3.8) is 0 Å². The first kappa shape index (κ1) is 6.68. The van der Waals surface area contributed by atoms with Crippen LogP contribution < -0.4 is 5.73 Å². The van der Waals surface area contributed by atoms with E-state index in [1.807, 2.05) is 0 Å². The first-order valence-electron chi connectivity index (χ1n) is 1.85. The molecule has 4 nitrogen and oxygen atoms in total. The van der Waals surface area contributed by atoms with E-state index < -0.39 is 12.0 Å². The summed E-state index contributed by atoms with van der Waals surface area (Å²) in [5.41, 5.74) is 4.66. The van der Waals surface area contributed by atoms with Crippen molar-refractivity contribution in [1.82, 2.24) is 0 Å². The highest BCUT2D eigenvalue weighted by molar-refractivity contribution is 5.91. The zero-order valence-electron chi connectivity index (χ0n) is 4.18. The lowest BCUT2D eigenvalue weighted by molar-refractivity contribution is -0.130. The lowest BCUT2D eigenvalue weighted by Gasteiger charge is -1.92. The number of rotatable bonds is 1. The van der Waals surface area contributed by atoms with Crippen molar-refractivity contribution in [2.45, 2.75) is 0 Å². The molecule has 0 aliphatic heterocycles. The van der Waals surface area contributed by atoms with Gasteiger partial charge in [0.2, 0.25) is 0 Å². The summed E-state index contributed by atoms with van der Waals surface area (Å²) in [6.45, 7) is 3.09. The van der Waals surface area contributed by atoms with Gasteiger partial charge >= 0.3 is 5.97 Å². The maximum atomic E-state index is 10.1. The van der Waals surface area contributed by atoms with Gasteiger partial charge in [-0.25, -0.2) is 4.79 Å². The van der Waals surface area contributed by atoms with Gasteiger partial charge < -0.3 is 10.5 Å². The monoisotopic (exact) mass is 114 g/mol. The van der Waals surface area contributed by atoms with Gasteiger partial charge in [-0.15, -0.1) is 0 Å². The third-order valence-corrected chi connectivity index (χ3v) is 0.377. The minimum atomic E-state index is -0.711. The summed E-state index contributed by atoms with van der Waals surface area (Å²) in [4.78, 5) is 10.1. The van der Waals surface area contributed by atoms with E-state index in [-0.39, 0.29) is 0 Å². The molecule has 0 amide bonds. The van der Waals surface area contributed by atoms with Gasteiger partial charge in [0.25, 0.3) is 6.02 Å². The quantitative estimate of drug-likeness (QED) is 0.211. The molecule has 0 spiro atoms. The number of amidine groups is 1. The standard InChI is InChI=1S/C4H6N2O2/c1-2-3(7)8-4(5)6/h2H,1H2,(H3,5,6). The van der Waals surface area contributed by atoms with Crippen LogP contribution in [0.15, 0.2) is 12.7 Å². The van der Waals surface area contributed by atoms with Gasteiger partial charge in [0, 0.05) is 6.08 Å². The number of ether oxygens (including phenoxy) is 1. The largest absolute Gasteiger partial charge is 0.390 e. The highest BCUT2D eigenvalue weighted by Gasteiger charge is 1.94. The maximum Gasteiger partial charge on any atom is 0.337 e. The number of nitrogens with one attached hydrogen (secondary N) is 1. The second kappa shape index (κ2) is 2.79. The summed E-state index contributed by atoms with van der Waals surface area (Å²) in [5, 5.41) is 6.42. The first-order chi connectivity index (χ1) is 3.66. The Labute approximate surface area is 46.4 Å². The molecular weight excluding hydrogens is 108 g/mol. The average molecular weight is 114 g/mol. The van der Waals surface area contributed by atoms with E-state index in [1.165, 1.54) is 0 Å². The maximum absolute atomic E-state index is 10.1. The Hall–Kier alpha value is -1.32. The Morgan fingerprint density at radius 2 is 2.38 bits per heavy atom. The Bertz CT molecular complexity index is 130. The number of nitrogens with two attached hydrogens (primary N) is 1. The Morgan fingerprint density at radius 1 is 1.88 bits per heavy atom. The van der Waals surface area contributed by atoms with Crippen LogP contribution in [0.4, 0.5) is 0 Å². The van der Waals surface area contributed by atoms with Crippen molar-refractivity contribution in [3.8, 4) is 0 Å². The van der Waals surface area contributed by atoms with E-state index in [4.69, 9.17) is 5.41 Å². The molecule has 0 unspecified atom stereocenters. The van der Waals surface area contributed by atoms with Gasteiger partial charge in [0.15, 0.2) is 0 Å². The lowest BCUT2D eigenvalue weighted by atomic mass is 10.7. The topological polar surface area (TPSA) is 76.2 Å². The third-order valence-electron chi connectivity index (χ3n) is 0.377. The lowest BCUT2D eigenvalue weighted by Crippen LogP contribution is -2.17. The van der Waals surface area contributed by atoms with E-state index in [0.717, 1.165) is 6.08 Å². The Kier molecular flexibility index (Phi) is 2.33. The minimum Gasteiger partial charge on any atom is -0.390 e. The fraction of sp³-hybridized carbons (Fsp3) is 0. The zero-order chi connectivity index (χ0) is 6.57. The third kappa shape index (κ3) is 2.89. The molecule has 0 aromatic carbocycles. The smallest absolute Gasteiger partial charge is 0.337 e. The zero-order valence-corrected chi connectivity index (χ0v) is 4.18. The Balaban J connectivity index is 3.55. The predicted octanol–water partition coefficient (Wildman–Crippen LogP) is -0.391. The van der Waals surface area contributed by atoms with Gasteiger partial charge in [0.1, 0.15) is 0 Å². The fourth-order valence-electron chi connectivity index (χ4n) is 0.150. The number of carbonyl (C=O) groups is 1. The van der Waals surface area contributed by atoms with Crippen molar-refractivity contribution in [3.05, 3.63) is 12.7 Å². The molecule has 0 bridgehead atoms. The van der Waals surface area contributed by atoms with Gasteiger partial charge in [-0.3, -0.25) is 5.41 Å². The molecule has 0 aliphatic carbocycles. The van der Waals surface area contributed by atoms with Crippen molar-refractivity contribution in [1.29, 1.82) is 5.41 Å². The molecule has 4 heteroatoms. The minimum absolute atomic E-state index is 0.616. The van der Waals surface area contributed by atoms with Crippen LogP contribution in [0.25, 0.3) is 0 Å². The summed E-state index contributed by atoms with van der Waals surface area (Å²) < 4.78 is 4.00. The molecule has 0 saturated carbocycles. The second-order valence-electron chi connectivity index (χ2n) is 0.989. The van der Waals surface area contributed by atoms with Crippen LogP contribution in [-0.4, -0.2) is 12.0 Å². The van der Waals surface area contributed by atoms with Crippen LogP contribution in [0, 0.1) is 5.41 Å². The molecule has 0 heterocycles. The van der Waals surface area contributed by atoms with Crippen molar-refractivity contribution >= 4 is 12.0 Å². The number of hydrogen-bond donors (Lipinski definition) is 2. The highest BCUT2D eigenvalue weighted by atomic mass is 16.5. The Morgan fingerprint density at radius 3 is 2.50 bits per heavy atom. The molecule has 0 aromatic rings. The van der Waals surface area contributed by atoms with Crippen molar-refractivity contribution in [2.24, 2.45) is 5.73 Å². The summed E-state index contributed by atoms with van der Waals surface area (Å²) in [7, 11) is 0. The van der Waals surface area contributed by atoms with Gasteiger partial charge in [-0.2, -0.15) is 0 Å². The summed E-state index contributed by atoms with van der Waals surface area (Å²) in [5.74, 6) is -0.711. The van der Waals surface area contributed by atoms with Gasteiger partial charge in [-0.05, 0) is 0 Å². The van der Waals surface area contributed by atoms with E-state index >= 15 is 0 Å². The summed E-state index contributed by atoms with van der Waals surface area (Å²) >= 11 is 0. The van der Waals surface area contributed by atoms with Crippen LogP contribution in [0.2, 0.25) is 0 Å². The SMILES string of the molecule is C=CC(=O)OC(=N)N. The average Bonchev–Trinajstić information content (AvgIpc) is 1.65. The van der Waals surface area contributed by atoms with Crippen molar-refractivity contribution in [2.75, 3.05) is 0 Å². The molecule has 44 valence electrons. The number of hydrogen-bond acceptors (Lipinski definition) is 3. The van der Waals surface area contributed by atoms with E-state index in [1.54, 1.807) is 0 Å². The van der Waals surface area contributed by atoms with Gasteiger partial charge in [-0.1, -0.05) is 6.58 Å². The molecule has 8 heavy (non-hydrogen) atoms. The van der Waals surface area contributed by atoms with E-state index in [2.05, 4.69) is 17.0 Å². The number of esters is 1. The molecule has 0 rings (SSSR count). The molecule has 0 fully saturated rings. The molecular formula is C4H6N2O2. The van der Waals surface area contributed by atoms with E-state index in [9.17, 15) is 4.79 Å². The fourth-order valence-corrected chi connectivity index (χ4v) is 0.150. The highest BCUT2D eigenvalue weighted by Crippen LogP contribution is 1.73. The molecule has 3 N–H and O–H groups in total. The summed E-state index contributed by atoms with van der Waals surface area (Å²) in [6.07, 6.45) is 0.932. The normalized spacial score (nSPS) is 7.50. The second-order valence-corrected chi connectivity index (χ2v) is 0.989.